The molecule has 0 aliphatic rings. The van der Waals surface area contributed by atoms with Gasteiger partial charge < -0.3 is 9.55 Å². The number of H-pyrrole nitrogens is 1. The SMILES string of the molecule is Cn1ccc(CCn2c(=S)[nH]c3cccc(Cl)c32)n1. The van der Waals surface area contributed by atoms with Gasteiger partial charge in [-0.25, -0.2) is 0 Å². The van der Waals surface area contributed by atoms with Gasteiger partial charge in [-0.2, -0.15) is 5.10 Å². The fourth-order valence-electron chi connectivity index (χ4n) is 2.21. The number of aromatic nitrogens is 4. The number of rotatable bonds is 3. The predicted molar refractivity (Wildman–Crippen MR) is 79.0 cm³/mol. The Labute approximate surface area is 120 Å². The van der Waals surface area contributed by atoms with Crippen molar-refractivity contribution in [2.45, 2.75) is 13.0 Å². The van der Waals surface area contributed by atoms with Gasteiger partial charge in [0.1, 0.15) is 0 Å². The highest BCUT2D eigenvalue weighted by atomic mass is 35.5. The van der Waals surface area contributed by atoms with E-state index in [1.54, 1.807) is 4.68 Å². The van der Waals surface area contributed by atoms with Crippen LogP contribution in [0.1, 0.15) is 5.69 Å². The van der Waals surface area contributed by atoms with E-state index in [-0.39, 0.29) is 0 Å². The molecule has 19 heavy (non-hydrogen) atoms. The maximum Gasteiger partial charge on any atom is 0.178 e. The van der Waals surface area contributed by atoms with Crippen LogP contribution in [-0.4, -0.2) is 19.3 Å². The van der Waals surface area contributed by atoms with Crippen molar-refractivity contribution in [1.29, 1.82) is 0 Å². The van der Waals surface area contributed by atoms with Crippen LogP contribution in [0.3, 0.4) is 0 Å². The zero-order chi connectivity index (χ0) is 13.4. The van der Waals surface area contributed by atoms with Gasteiger partial charge in [-0.15, -0.1) is 0 Å². The van der Waals surface area contributed by atoms with Crippen molar-refractivity contribution >= 4 is 34.9 Å². The summed E-state index contributed by atoms with van der Waals surface area (Å²) in [6, 6.07) is 7.79. The van der Waals surface area contributed by atoms with Crippen LogP contribution < -0.4 is 0 Å². The number of hydrogen-bond donors (Lipinski definition) is 1. The summed E-state index contributed by atoms with van der Waals surface area (Å²) in [6.45, 7) is 0.763. The molecule has 0 saturated heterocycles. The first-order chi connectivity index (χ1) is 9.15. The third-order valence-electron chi connectivity index (χ3n) is 3.10. The van der Waals surface area contributed by atoms with Crippen LogP contribution in [0.5, 0.6) is 0 Å². The summed E-state index contributed by atoms with van der Waals surface area (Å²) in [5.74, 6) is 0. The van der Waals surface area contributed by atoms with Crippen molar-refractivity contribution in [2.75, 3.05) is 0 Å². The molecule has 2 aromatic heterocycles. The molecule has 98 valence electrons. The first kappa shape index (κ1) is 12.4. The summed E-state index contributed by atoms with van der Waals surface area (Å²) >= 11 is 11.6. The topological polar surface area (TPSA) is 38.5 Å². The van der Waals surface area contributed by atoms with Gasteiger partial charge in [0.2, 0.25) is 0 Å². The van der Waals surface area contributed by atoms with Gasteiger partial charge in [0.05, 0.1) is 21.7 Å². The average molecular weight is 293 g/mol. The van der Waals surface area contributed by atoms with E-state index in [1.807, 2.05) is 42.1 Å². The minimum absolute atomic E-state index is 0.694. The number of imidazole rings is 1. The lowest BCUT2D eigenvalue weighted by molar-refractivity contribution is 0.671. The molecule has 1 aromatic carbocycles. The lowest BCUT2D eigenvalue weighted by Crippen LogP contribution is -2.02. The van der Waals surface area contributed by atoms with Crippen molar-refractivity contribution in [2.24, 2.45) is 7.05 Å². The Morgan fingerprint density at radius 2 is 2.21 bits per heavy atom. The minimum Gasteiger partial charge on any atom is -0.331 e. The van der Waals surface area contributed by atoms with Crippen LogP contribution in [0.2, 0.25) is 5.02 Å². The maximum atomic E-state index is 6.25. The fourth-order valence-corrected chi connectivity index (χ4v) is 2.78. The van der Waals surface area contributed by atoms with Gasteiger partial charge >= 0.3 is 0 Å². The van der Waals surface area contributed by atoms with Crippen molar-refractivity contribution in [3.63, 3.8) is 0 Å². The van der Waals surface area contributed by atoms with Crippen molar-refractivity contribution in [3.8, 4) is 0 Å². The average Bonchev–Trinajstić information content (AvgIpc) is 2.91. The van der Waals surface area contributed by atoms with Gasteiger partial charge in [0.15, 0.2) is 4.77 Å². The summed E-state index contributed by atoms with van der Waals surface area (Å²) in [5.41, 5.74) is 2.98. The fraction of sp³-hybridized carbons (Fsp3) is 0.231. The molecule has 0 atom stereocenters. The zero-order valence-corrected chi connectivity index (χ0v) is 12.0. The van der Waals surface area contributed by atoms with Gasteiger partial charge in [0, 0.05) is 26.2 Å². The summed E-state index contributed by atoms with van der Waals surface area (Å²) < 4.78 is 4.53. The Balaban J connectivity index is 1.96. The second-order valence-corrected chi connectivity index (χ2v) is 5.24. The summed E-state index contributed by atoms with van der Waals surface area (Å²) in [5, 5.41) is 5.08. The molecule has 6 heteroatoms. The molecule has 2 heterocycles. The van der Waals surface area contributed by atoms with E-state index in [0.29, 0.717) is 9.79 Å². The highest BCUT2D eigenvalue weighted by Crippen LogP contribution is 2.23. The first-order valence-corrected chi connectivity index (χ1v) is 6.79. The normalized spacial score (nSPS) is 11.3. The Morgan fingerprint density at radius 3 is 2.95 bits per heavy atom. The molecule has 0 unspecified atom stereocenters. The lowest BCUT2D eigenvalue weighted by Gasteiger charge is -2.04. The molecule has 0 fully saturated rings. The highest BCUT2D eigenvalue weighted by molar-refractivity contribution is 7.71. The van der Waals surface area contributed by atoms with Crippen molar-refractivity contribution < 1.29 is 0 Å². The molecule has 0 aliphatic heterocycles. The van der Waals surface area contributed by atoms with E-state index in [2.05, 4.69) is 10.1 Å². The van der Waals surface area contributed by atoms with Crippen LogP contribution in [0.15, 0.2) is 30.5 Å². The van der Waals surface area contributed by atoms with E-state index in [4.69, 9.17) is 23.8 Å². The Hall–Kier alpha value is -1.59. The largest absolute Gasteiger partial charge is 0.331 e. The third-order valence-corrected chi connectivity index (χ3v) is 3.73. The Bertz CT molecular complexity index is 783. The van der Waals surface area contributed by atoms with E-state index < -0.39 is 0 Å². The summed E-state index contributed by atoms with van der Waals surface area (Å²) in [4.78, 5) is 3.18. The van der Waals surface area contributed by atoms with Crippen LogP contribution in [0.4, 0.5) is 0 Å². The molecule has 4 nitrogen and oxygen atoms in total. The number of fused-ring (bicyclic) bond motifs is 1. The minimum atomic E-state index is 0.694. The molecule has 3 aromatic rings. The molecule has 0 amide bonds. The molecule has 0 aliphatic carbocycles. The highest BCUT2D eigenvalue weighted by Gasteiger charge is 2.08. The predicted octanol–water partition coefficient (Wildman–Crippen LogP) is 3.33. The quantitative estimate of drug-likeness (QED) is 0.752. The van der Waals surface area contributed by atoms with Crippen LogP contribution >= 0.6 is 23.8 Å². The molecule has 0 bridgehead atoms. The molecule has 0 spiro atoms. The number of hydrogen-bond acceptors (Lipinski definition) is 2. The number of benzene rings is 1. The monoisotopic (exact) mass is 292 g/mol. The van der Waals surface area contributed by atoms with E-state index in [0.717, 1.165) is 29.7 Å². The molecular formula is C13H13ClN4S. The van der Waals surface area contributed by atoms with Crippen LogP contribution in [0.25, 0.3) is 11.0 Å². The number of halogens is 1. The molecular weight excluding hydrogens is 280 g/mol. The number of nitrogens with zero attached hydrogens (tertiary/aromatic N) is 3. The van der Waals surface area contributed by atoms with E-state index in [9.17, 15) is 0 Å². The van der Waals surface area contributed by atoms with Gasteiger partial charge in [-0.3, -0.25) is 4.68 Å². The number of aryl methyl sites for hydroxylation is 3. The Morgan fingerprint density at radius 1 is 1.37 bits per heavy atom. The lowest BCUT2D eigenvalue weighted by atomic mass is 10.3. The smallest absolute Gasteiger partial charge is 0.178 e. The first-order valence-electron chi connectivity index (χ1n) is 6.01. The van der Waals surface area contributed by atoms with Gasteiger partial charge in [-0.05, 0) is 30.4 Å². The van der Waals surface area contributed by atoms with Gasteiger partial charge in [0.25, 0.3) is 0 Å². The van der Waals surface area contributed by atoms with Crippen LogP contribution in [0, 0.1) is 4.77 Å². The van der Waals surface area contributed by atoms with E-state index in [1.165, 1.54) is 0 Å². The molecule has 1 N–H and O–H groups in total. The van der Waals surface area contributed by atoms with Crippen LogP contribution in [-0.2, 0) is 20.0 Å². The summed E-state index contributed by atoms with van der Waals surface area (Å²) in [7, 11) is 1.91. The molecule has 0 radical (unpaired) electrons. The second kappa shape index (κ2) is 4.83. The Kier molecular flexibility index (Phi) is 3.16. The zero-order valence-electron chi connectivity index (χ0n) is 10.4. The molecule has 3 rings (SSSR count). The standard InChI is InChI=1S/C13H13ClN4S/c1-17-7-5-9(16-17)6-8-18-12-10(14)3-2-4-11(12)15-13(18)19/h2-5,7H,6,8H2,1H3,(H,15,19). The van der Waals surface area contributed by atoms with Crippen molar-refractivity contribution in [3.05, 3.63) is 45.9 Å². The number of aromatic amines is 1. The number of nitrogens with one attached hydrogen (secondary N) is 1. The number of para-hydroxylation sites is 1. The second-order valence-electron chi connectivity index (χ2n) is 4.45. The third kappa shape index (κ3) is 2.31. The van der Waals surface area contributed by atoms with Gasteiger partial charge in [-0.1, -0.05) is 17.7 Å². The summed E-state index contributed by atoms with van der Waals surface area (Å²) in [6.07, 6.45) is 2.77. The van der Waals surface area contributed by atoms with E-state index >= 15 is 0 Å². The molecule has 0 saturated carbocycles. The van der Waals surface area contributed by atoms with Crippen molar-refractivity contribution in [1.82, 2.24) is 19.3 Å². The maximum absolute atomic E-state index is 6.25.